The second kappa shape index (κ2) is 5.04. The van der Waals surface area contributed by atoms with Gasteiger partial charge in [-0.15, -0.1) is 0 Å². The first-order valence-electron chi connectivity index (χ1n) is 5.61. The number of hydrogen-bond donors (Lipinski definition) is 1. The van der Waals surface area contributed by atoms with Crippen molar-refractivity contribution < 1.29 is 17.9 Å². The van der Waals surface area contributed by atoms with Crippen LogP contribution in [0.1, 0.15) is 5.69 Å². The van der Waals surface area contributed by atoms with Crippen LogP contribution in [0, 0.1) is 6.92 Å². The van der Waals surface area contributed by atoms with Gasteiger partial charge in [-0.25, -0.2) is 9.97 Å². The largest absolute Gasteiger partial charge is 0.411 e. The van der Waals surface area contributed by atoms with E-state index in [9.17, 15) is 13.2 Å². The number of aromatic nitrogens is 3. The van der Waals surface area contributed by atoms with Gasteiger partial charge in [0.15, 0.2) is 5.65 Å². The number of nitrogen functional groups attached to an aromatic ring is 1. The van der Waals surface area contributed by atoms with E-state index in [0.717, 1.165) is 5.69 Å². The zero-order valence-corrected chi connectivity index (χ0v) is 10.2. The van der Waals surface area contributed by atoms with Crippen LogP contribution < -0.4 is 5.73 Å². The first-order valence-corrected chi connectivity index (χ1v) is 5.61. The Morgan fingerprint density at radius 3 is 2.74 bits per heavy atom. The molecule has 0 spiro atoms. The van der Waals surface area contributed by atoms with E-state index in [1.807, 2.05) is 6.92 Å². The third-order valence-electron chi connectivity index (χ3n) is 2.49. The van der Waals surface area contributed by atoms with Gasteiger partial charge < -0.3 is 10.5 Å². The molecule has 2 heterocycles. The maximum Gasteiger partial charge on any atom is 0.411 e. The Morgan fingerprint density at radius 1 is 1.32 bits per heavy atom. The van der Waals surface area contributed by atoms with Crippen molar-refractivity contribution in [3.8, 4) is 0 Å². The maximum absolute atomic E-state index is 11.9. The Bertz CT molecular complexity index is 579. The molecule has 0 unspecified atom stereocenters. The minimum Gasteiger partial charge on any atom is -0.370 e. The predicted octanol–water partition coefficient (Wildman–Crippen LogP) is 1.90. The van der Waals surface area contributed by atoms with Crippen molar-refractivity contribution in [2.45, 2.75) is 19.6 Å². The Labute approximate surface area is 107 Å². The van der Waals surface area contributed by atoms with Gasteiger partial charge in [0.25, 0.3) is 0 Å². The molecule has 2 N–H and O–H groups in total. The highest BCUT2D eigenvalue weighted by Gasteiger charge is 2.27. The van der Waals surface area contributed by atoms with Crippen LogP contribution in [-0.4, -0.2) is 33.9 Å². The second-order valence-electron chi connectivity index (χ2n) is 4.08. The summed E-state index contributed by atoms with van der Waals surface area (Å²) in [6, 6.07) is 3.56. The van der Waals surface area contributed by atoms with Gasteiger partial charge in [0.1, 0.15) is 12.1 Å². The van der Waals surface area contributed by atoms with E-state index in [-0.39, 0.29) is 19.1 Å². The van der Waals surface area contributed by atoms with E-state index in [0.29, 0.717) is 11.2 Å². The molecule has 2 aromatic heterocycles. The summed E-state index contributed by atoms with van der Waals surface area (Å²) in [5.74, 6) is 0.212. The average molecular weight is 274 g/mol. The van der Waals surface area contributed by atoms with E-state index >= 15 is 0 Å². The topological polar surface area (TPSA) is 66.0 Å². The predicted molar refractivity (Wildman–Crippen MR) is 63.6 cm³/mol. The Hall–Kier alpha value is -1.83. The molecule has 0 aliphatic heterocycles. The number of alkyl halides is 3. The van der Waals surface area contributed by atoms with Crippen molar-refractivity contribution in [2.75, 3.05) is 18.9 Å². The number of pyridine rings is 1. The Morgan fingerprint density at radius 2 is 2.05 bits per heavy atom. The lowest BCUT2D eigenvalue weighted by atomic mass is 10.3. The minimum absolute atomic E-state index is 0.106. The molecule has 0 aliphatic carbocycles. The normalized spacial score (nSPS) is 12.2. The highest BCUT2D eigenvalue weighted by molar-refractivity contribution is 5.74. The van der Waals surface area contributed by atoms with Gasteiger partial charge in [-0.05, 0) is 19.1 Å². The fraction of sp³-hybridized carbons (Fsp3) is 0.455. The van der Waals surface area contributed by atoms with Crippen LogP contribution in [0.3, 0.4) is 0 Å². The van der Waals surface area contributed by atoms with Crippen LogP contribution in [-0.2, 0) is 11.3 Å². The third kappa shape index (κ3) is 3.34. The molecule has 0 amide bonds. The molecule has 0 saturated heterocycles. The van der Waals surface area contributed by atoms with Gasteiger partial charge in [-0.3, -0.25) is 4.57 Å². The summed E-state index contributed by atoms with van der Waals surface area (Å²) >= 11 is 0. The smallest absolute Gasteiger partial charge is 0.370 e. The van der Waals surface area contributed by atoms with E-state index in [1.54, 1.807) is 16.7 Å². The van der Waals surface area contributed by atoms with Crippen molar-refractivity contribution in [3.63, 3.8) is 0 Å². The molecule has 0 radical (unpaired) electrons. The molecule has 2 rings (SSSR count). The van der Waals surface area contributed by atoms with Crippen molar-refractivity contribution in [2.24, 2.45) is 0 Å². The Balaban J connectivity index is 2.08. The first-order chi connectivity index (χ1) is 8.87. The van der Waals surface area contributed by atoms with E-state index in [4.69, 9.17) is 5.73 Å². The zero-order chi connectivity index (χ0) is 14.0. The van der Waals surface area contributed by atoms with Gasteiger partial charge in [-0.1, -0.05) is 0 Å². The first kappa shape index (κ1) is 13.6. The summed E-state index contributed by atoms with van der Waals surface area (Å²) in [4.78, 5) is 8.35. The molecule has 0 fully saturated rings. The van der Waals surface area contributed by atoms with Gasteiger partial charge in [0.05, 0.1) is 13.2 Å². The molecule has 0 bridgehead atoms. The molecule has 0 saturated carbocycles. The fourth-order valence-electron chi connectivity index (χ4n) is 1.68. The van der Waals surface area contributed by atoms with Crippen molar-refractivity contribution in [3.05, 3.63) is 17.8 Å². The summed E-state index contributed by atoms with van der Waals surface area (Å²) in [7, 11) is 0. The molecule has 0 atom stereocenters. The quantitative estimate of drug-likeness (QED) is 0.865. The van der Waals surface area contributed by atoms with Crippen LogP contribution in [0.2, 0.25) is 0 Å². The summed E-state index contributed by atoms with van der Waals surface area (Å²) in [5.41, 5.74) is 7.65. The van der Waals surface area contributed by atoms with Gasteiger partial charge >= 0.3 is 6.18 Å². The van der Waals surface area contributed by atoms with E-state index < -0.39 is 12.8 Å². The monoisotopic (exact) mass is 274 g/mol. The van der Waals surface area contributed by atoms with Gasteiger partial charge in [0.2, 0.25) is 5.95 Å². The van der Waals surface area contributed by atoms with Crippen LogP contribution in [0.15, 0.2) is 12.1 Å². The molecule has 8 heteroatoms. The number of nitrogens with two attached hydrogens (primary N) is 1. The van der Waals surface area contributed by atoms with Crippen LogP contribution in [0.25, 0.3) is 11.2 Å². The number of aryl methyl sites for hydroxylation is 1. The maximum atomic E-state index is 11.9. The van der Waals surface area contributed by atoms with Gasteiger partial charge in [-0.2, -0.15) is 13.2 Å². The summed E-state index contributed by atoms with van der Waals surface area (Å²) < 4.78 is 41.9. The lowest BCUT2D eigenvalue weighted by Gasteiger charge is -2.09. The SMILES string of the molecule is Cc1ccc2nc(N)n(CCOCC(F)(F)F)c2n1. The molecule has 0 aliphatic rings. The van der Waals surface area contributed by atoms with Crippen molar-refractivity contribution >= 4 is 17.1 Å². The van der Waals surface area contributed by atoms with Crippen LogP contribution in [0.5, 0.6) is 0 Å². The molecule has 5 nitrogen and oxygen atoms in total. The Kier molecular flexibility index (Phi) is 3.61. The van der Waals surface area contributed by atoms with Crippen molar-refractivity contribution in [1.82, 2.24) is 14.5 Å². The number of halogens is 3. The second-order valence-corrected chi connectivity index (χ2v) is 4.08. The number of imidazole rings is 1. The van der Waals surface area contributed by atoms with Crippen molar-refractivity contribution in [1.29, 1.82) is 0 Å². The lowest BCUT2D eigenvalue weighted by molar-refractivity contribution is -0.174. The average Bonchev–Trinajstić information content (AvgIpc) is 2.59. The number of anilines is 1. The zero-order valence-electron chi connectivity index (χ0n) is 10.2. The number of nitrogens with zero attached hydrogens (tertiary/aromatic N) is 3. The summed E-state index contributed by atoms with van der Waals surface area (Å²) in [5, 5.41) is 0. The van der Waals surface area contributed by atoms with Crippen LogP contribution >= 0.6 is 0 Å². The van der Waals surface area contributed by atoms with Crippen LogP contribution in [0.4, 0.5) is 19.1 Å². The molecule has 104 valence electrons. The summed E-state index contributed by atoms with van der Waals surface area (Å²) in [6.45, 7) is 0.610. The summed E-state index contributed by atoms with van der Waals surface area (Å²) in [6.07, 6.45) is -4.32. The molecular weight excluding hydrogens is 261 g/mol. The lowest BCUT2D eigenvalue weighted by Crippen LogP contribution is -2.19. The van der Waals surface area contributed by atoms with Gasteiger partial charge in [0, 0.05) is 5.69 Å². The van der Waals surface area contributed by atoms with E-state index in [2.05, 4.69) is 14.7 Å². The van der Waals surface area contributed by atoms with E-state index in [1.165, 1.54) is 0 Å². The standard InChI is InChI=1S/C11H13F3N4O/c1-7-2-3-8-9(16-7)18(10(15)17-8)4-5-19-6-11(12,13)14/h2-3H,4-6H2,1H3,(H2,15,17). The number of fused-ring (bicyclic) bond motifs is 1. The molecule has 2 aromatic rings. The molecular formula is C11H13F3N4O. The number of rotatable bonds is 4. The highest BCUT2D eigenvalue weighted by Crippen LogP contribution is 2.17. The molecule has 19 heavy (non-hydrogen) atoms. The third-order valence-corrected chi connectivity index (χ3v) is 2.49. The number of ether oxygens (including phenoxy) is 1. The highest BCUT2D eigenvalue weighted by atomic mass is 19.4. The molecule has 0 aromatic carbocycles. The minimum atomic E-state index is -4.32. The number of hydrogen-bond acceptors (Lipinski definition) is 4. The fourth-order valence-corrected chi connectivity index (χ4v) is 1.68.